The van der Waals surface area contributed by atoms with Gasteiger partial charge in [0.2, 0.25) is 0 Å². The van der Waals surface area contributed by atoms with Crippen molar-refractivity contribution in [1.29, 1.82) is 0 Å². The summed E-state index contributed by atoms with van der Waals surface area (Å²) in [6, 6.07) is 0. The maximum atomic E-state index is 11.8. The second-order valence-electron chi connectivity index (χ2n) is 3.70. The number of fused-ring (bicyclic) bond motifs is 1. The number of aliphatic hydroxyl groups is 1. The summed E-state index contributed by atoms with van der Waals surface area (Å²) >= 11 is 1.51. The number of hydrogen-bond acceptors (Lipinski definition) is 4. The van der Waals surface area contributed by atoms with E-state index in [1.165, 1.54) is 21.8 Å². The van der Waals surface area contributed by atoms with Crippen molar-refractivity contribution in [3.05, 3.63) is 15.3 Å². The van der Waals surface area contributed by atoms with Gasteiger partial charge >= 0.3 is 0 Å². The number of carbonyl (C=O) groups is 1. The van der Waals surface area contributed by atoms with Crippen molar-refractivity contribution in [1.82, 2.24) is 5.32 Å². The first-order valence-corrected chi connectivity index (χ1v) is 6.17. The number of carbonyl (C=O) groups excluding carboxylic acids is 1. The van der Waals surface area contributed by atoms with Crippen LogP contribution in [0.4, 0.5) is 0 Å². The molecule has 1 aliphatic rings. The molecule has 0 radical (unpaired) electrons. The summed E-state index contributed by atoms with van der Waals surface area (Å²) in [5.74, 6) is 0.582. The zero-order valence-electron chi connectivity index (χ0n) is 9.21. The number of aliphatic hydroxyl groups excluding tert-OH is 1. The van der Waals surface area contributed by atoms with Crippen molar-refractivity contribution in [3.63, 3.8) is 0 Å². The van der Waals surface area contributed by atoms with Gasteiger partial charge in [-0.25, -0.2) is 0 Å². The van der Waals surface area contributed by atoms with Gasteiger partial charge in [0.05, 0.1) is 13.7 Å². The van der Waals surface area contributed by atoms with Gasteiger partial charge in [-0.05, 0) is 19.3 Å². The lowest BCUT2D eigenvalue weighted by molar-refractivity contribution is 0.0946. The number of ether oxygens (including phenoxy) is 1. The van der Waals surface area contributed by atoms with Gasteiger partial charge in [-0.1, -0.05) is 0 Å². The van der Waals surface area contributed by atoms with Crippen LogP contribution in [0.5, 0.6) is 5.75 Å². The van der Waals surface area contributed by atoms with Gasteiger partial charge in [0.15, 0.2) is 0 Å². The number of aryl methyl sites for hydroxylation is 1. The van der Waals surface area contributed by atoms with Crippen LogP contribution in [0.25, 0.3) is 0 Å². The van der Waals surface area contributed by atoms with Crippen LogP contribution in [0, 0.1) is 0 Å². The molecule has 0 spiro atoms. The number of rotatable bonds is 4. The summed E-state index contributed by atoms with van der Waals surface area (Å²) < 4.78 is 5.32. The van der Waals surface area contributed by atoms with E-state index < -0.39 is 0 Å². The van der Waals surface area contributed by atoms with Gasteiger partial charge < -0.3 is 15.2 Å². The Hall–Kier alpha value is -1.07. The fourth-order valence-electron chi connectivity index (χ4n) is 1.99. The van der Waals surface area contributed by atoms with Gasteiger partial charge in [0.1, 0.15) is 10.6 Å². The topological polar surface area (TPSA) is 58.6 Å². The van der Waals surface area contributed by atoms with Gasteiger partial charge in [-0.2, -0.15) is 0 Å². The van der Waals surface area contributed by atoms with E-state index >= 15 is 0 Å². The summed E-state index contributed by atoms with van der Waals surface area (Å²) in [6.45, 7) is 0.240. The van der Waals surface area contributed by atoms with Crippen LogP contribution in [0.1, 0.15) is 26.5 Å². The third kappa shape index (κ3) is 1.92. The molecule has 0 atom stereocenters. The van der Waals surface area contributed by atoms with E-state index in [1.807, 2.05) is 0 Å². The number of thiophene rings is 1. The highest BCUT2D eigenvalue weighted by molar-refractivity contribution is 7.14. The maximum absolute atomic E-state index is 11.8. The second-order valence-corrected chi connectivity index (χ2v) is 4.80. The maximum Gasteiger partial charge on any atom is 0.265 e. The van der Waals surface area contributed by atoms with Crippen LogP contribution in [-0.4, -0.2) is 31.3 Å². The number of methoxy groups -OCH3 is 1. The average Bonchev–Trinajstić information content (AvgIpc) is 2.84. The van der Waals surface area contributed by atoms with E-state index in [0.717, 1.165) is 25.0 Å². The number of amides is 1. The minimum absolute atomic E-state index is 0.0425. The van der Waals surface area contributed by atoms with Crippen molar-refractivity contribution < 1.29 is 14.6 Å². The van der Waals surface area contributed by atoms with Crippen LogP contribution in [-0.2, 0) is 12.8 Å². The predicted molar refractivity (Wildman–Crippen MR) is 62.3 cm³/mol. The Labute approximate surface area is 98.2 Å². The van der Waals surface area contributed by atoms with Crippen molar-refractivity contribution >= 4 is 17.2 Å². The van der Waals surface area contributed by atoms with E-state index in [2.05, 4.69) is 5.32 Å². The highest BCUT2D eigenvalue weighted by Crippen LogP contribution is 2.40. The summed E-state index contributed by atoms with van der Waals surface area (Å²) in [5, 5.41) is 11.3. The molecule has 0 saturated carbocycles. The Balaban J connectivity index is 2.24. The van der Waals surface area contributed by atoms with Crippen LogP contribution < -0.4 is 10.1 Å². The van der Waals surface area contributed by atoms with Crippen LogP contribution in [0.15, 0.2) is 0 Å². The highest BCUT2D eigenvalue weighted by Gasteiger charge is 2.26. The summed E-state index contributed by atoms with van der Waals surface area (Å²) in [4.78, 5) is 13.7. The lowest BCUT2D eigenvalue weighted by Crippen LogP contribution is -2.25. The molecule has 16 heavy (non-hydrogen) atoms. The van der Waals surface area contributed by atoms with Crippen LogP contribution in [0.3, 0.4) is 0 Å². The lowest BCUT2D eigenvalue weighted by Gasteiger charge is -2.05. The van der Waals surface area contributed by atoms with Crippen molar-refractivity contribution in [3.8, 4) is 5.75 Å². The normalized spacial score (nSPS) is 13.6. The monoisotopic (exact) mass is 241 g/mol. The quantitative estimate of drug-likeness (QED) is 0.825. The molecule has 88 valence electrons. The zero-order valence-corrected chi connectivity index (χ0v) is 10.0. The lowest BCUT2D eigenvalue weighted by atomic mass is 10.2. The van der Waals surface area contributed by atoms with Gasteiger partial charge in [0.25, 0.3) is 5.91 Å². The molecular weight excluding hydrogens is 226 g/mol. The summed E-state index contributed by atoms with van der Waals surface area (Å²) in [7, 11) is 1.60. The molecule has 2 rings (SSSR count). The summed E-state index contributed by atoms with van der Waals surface area (Å²) in [6.07, 6.45) is 3.20. The van der Waals surface area contributed by atoms with E-state index in [-0.39, 0.29) is 19.1 Å². The first kappa shape index (κ1) is 11.4. The minimum Gasteiger partial charge on any atom is -0.495 e. The van der Waals surface area contributed by atoms with E-state index in [4.69, 9.17) is 9.84 Å². The predicted octanol–water partition coefficient (Wildman–Crippen LogP) is 0.967. The second kappa shape index (κ2) is 4.84. The van der Waals surface area contributed by atoms with Crippen LogP contribution in [0.2, 0.25) is 0 Å². The van der Waals surface area contributed by atoms with E-state index in [1.54, 1.807) is 7.11 Å². The van der Waals surface area contributed by atoms with E-state index in [9.17, 15) is 4.79 Å². The van der Waals surface area contributed by atoms with Gasteiger partial charge in [-0.15, -0.1) is 11.3 Å². The summed E-state index contributed by atoms with van der Waals surface area (Å²) in [5.41, 5.74) is 1.20. The first-order chi connectivity index (χ1) is 7.77. The molecule has 0 aromatic carbocycles. The molecule has 2 N–H and O–H groups in total. The highest BCUT2D eigenvalue weighted by atomic mass is 32.1. The minimum atomic E-state index is -0.148. The SMILES string of the molecule is COc1c(C(=O)NCCO)sc2c1CCC2. The molecule has 0 saturated heterocycles. The molecular formula is C11H15NO3S. The molecule has 0 unspecified atom stereocenters. The zero-order chi connectivity index (χ0) is 11.5. The molecule has 4 nitrogen and oxygen atoms in total. The van der Waals surface area contributed by atoms with Gasteiger partial charge in [0, 0.05) is 17.0 Å². The Morgan fingerprint density at radius 2 is 2.38 bits per heavy atom. The smallest absolute Gasteiger partial charge is 0.265 e. The fraction of sp³-hybridized carbons (Fsp3) is 0.545. The molecule has 1 amide bonds. The van der Waals surface area contributed by atoms with Crippen molar-refractivity contribution in [2.24, 2.45) is 0 Å². The van der Waals surface area contributed by atoms with Crippen molar-refractivity contribution in [2.45, 2.75) is 19.3 Å². The molecule has 1 heterocycles. The molecule has 5 heteroatoms. The number of hydrogen-bond donors (Lipinski definition) is 2. The molecule has 0 bridgehead atoms. The van der Waals surface area contributed by atoms with E-state index in [0.29, 0.717) is 4.88 Å². The molecule has 0 aliphatic heterocycles. The fourth-order valence-corrected chi connectivity index (χ4v) is 3.27. The average molecular weight is 241 g/mol. The third-order valence-electron chi connectivity index (χ3n) is 2.68. The molecule has 1 aromatic rings. The third-order valence-corrected chi connectivity index (χ3v) is 3.95. The Kier molecular flexibility index (Phi) is 3.46. The Morgan fingerprint density at radius 3 is 3.06 bits per heavy atom. The first-order valence-electron chi connectivity index (χ1n) is 5.35. The number of nitrogens with one attached hydrogen (secondary N) is 1. The molecule has 1 aromatic heterocycles. The van der Waals surface area contributed by atoms with Gasteiger partial charge in [-0.3, -0.25) is 4.79 Å². The largest absolute Gasteiger partial charge is 0.495 e. The molecule has 0 fully saturated rings. The Morgan fingerprint density at radius 1 is 1.56 bits per heavy atom. The Bertz CT molecular complexity index is 400. The van der Waals surface area contributed by atoms with Crippen LogP contribution >= 0.6 is 11.3 Å². The molecule has 1 aliphatic carbocycles. The standard InChI is InChI=1S/C11H15NO3S/c1-15-9-7-3-2-4-8(7)16-10(9)11(14)12-5-6-13/h13H,2-6H2,1H3,(H,12,14). The van der Waals surface area contributed by atoms with Crippen molar-refractivity contribution in [2.75, 3.05) is 20.3 Å².